The molecule has 0 unspecified atom stereocenters. The van der Waals surface area contributed by atoms with Gasteiger partial charge in [-0.05, 0) is 29.9 Å². The van der Waals surface area contributed by atoms with E-state index < -0.39 is 0 Å². The normalized spacial score (nSPS) is 9.38. The van der Waals surface area contributed by atoms with E-state index in [-0.39, 0.29) is 5.97 Å². The van der Waals surface area contributed by atoms with Crippen LogP contribution in [0.1, 0.15) is 15.9 Å². The van der Waals surface area contributed by atoms with Crippen molar-refractivity contribution in [2.75, 3.05) is 14.2 Å². The van der Waals surface area contributed by atoms with Gasteiger partial charge >= 0.3 is 5.97 Å². The van der Waals surface area contributed by atoms with Crippen LogP contribution in [-0.2, 0) is 11.3 Å². The lowest BCUT2D eigenvalue weighted by Gasteiger charge is -2.07. The van der Waals surface area contributed by atoms with Gasteiger partial charge in [0.25, 0.3) is 0 Å². The molecule has 4 nitrogen and oxygen atoms in total. The van der Waals surface area contributed by atoms with Crippen molar-refractivity contribution in [3.8, 4) is 0 Å². The third-order valence-corrected chi connectivity index (χ3v) is 2.40. The summed E-state index contributed by atoms with van der Waals surface area (Å²) in [6.07, 6.45) is 0. The zero-order valence-corrected chi connectivity index (χ0v) is 10.1. The van der Waals surface area contributed by atoms with Crippen LogP contribution >= 0.6 is 12.2 Å². The third-order valence-electron chi connectivity index (χ3n) is 2.06. The van der Waals surface area contributed by atoms with E-state index in [9.17, 15) is 4.79 Å². The molecule has 0 aliphatic rings. The van der Waals surface area contributed by atoms with Gasteiger partial charge in [0, 0.05) is 13.6 Å². The first-order valence-corrected chi connectivity index (χ1v) is 5.21. The minimum atomic E-state index is -0.328. The number of benzene rings is 1. The topological polar surface area (TPSA) is 50.4 Å². The Morgan fingerprint density at radius 1 is 1.38 bits per heavy atom. The van der Waals surface area contributed by atoms with E-state index in [1.165, 1.54) is 7.11 Å². The molecule has 0 radical (unpaired) electrons. The maximum Gasteiger partial charge on any atom is 0.337 e. The molecule has 0 saturated heterocycles. The Labute approximate surface area is 100.0 Å². The Morgan fingerprint density at radius 3 is 2.50 bits per heavy atom. The van der Waals surface area contributed by atoms with Crippen LogP contribution in [0.25, 0.3) is 0 Å². The molecule has 0 aromatic heterocycles. The summed E-state index contributed by atoms with van der Waals surface area (Å²) in [5.74, 6) is -0.328. The predicted molar refractivity (Wildman–Crippen MR) is 66.3 cm³/mol. The average molecular weight is 238 g/mol. The molecule has 0 atom stereocenters. The summed E-state index contributed by atoms with van der Waals surface area (Å²) in [5.41, 5.74) is 1.59. The van der Waals surface area contributed by atoms with Gasteiger partial charge in [-0.3, -0.25) is 0 Å². The quantitative estimate of drug-likeness (QED) is 0.609. The minimum Gasteiger partial charge on any atom is -0.465 e. The summed E-state index contributed by atoms with van der Waals surface area (Å²) >= 11 is 4.94. The fraction of sp³-hybridized carbons (Fsp3) is 0.273. The number of thiocarbonyl (C=S) groups is 1. The molecule has 16 heavy (non-hydrogen) atoms. The van der Waals surface area contributed by atoms with Crippen molar-refractivity contribution in [3.05, 3.63) is 35.4 Å². The standard InChI is InChI=1S/C11H14N2O2S/c1-12-11(16)13-7-8-3-5-9(6-4-8)10(14)15-2/h3-6H,7H2,1-2H3,(H2,12,13,16). The molecular weight excluding hydrogens is 224 g/mol. The van der Waals surface area contributed by atoms with Crippen molar-refractivity contribution >= 4 is 23.3 Å². The molecule has 0 aliphatic heterocycles. The van der Waals surface area contributed by atoms with Crippen LogP contribution in [0.2, 0.25) is 0 Å². The summed E-state index contributed by atoms with van der Waals surface area (Å²) in [6, 6.07) is 7.17. The lowest BCUT2D eigenvalue weighted by molar-refractivity contribution is 0.0600. The fourth-order valence-electron chi connectivity index (χ4n) is 1.15. The molecule has 0 saturated carbocycles. The minimum absolute atomic E-state index is 0.328. The van der Waals surface area contributed by atoms with Crippen molar-refractivity contribution in [2.24, 2.45) is 0 Å². The molecule has 0 fully saturated rings. The SMILES string of the molecule is CNC(=S)NCc1ccc(C(=O)OC)cc1. The lowest BCUT2D eigenvalue weighted by atomic mass is 10.1. The Bertz CT molecular complexity index is 376. The Balaban J connectivity index is 2.58. The monoisotopic (exact) mass is 238 g/mol. The van der Waals surface area contributed by atoms with E-state index in [0.717, 1.165) is 5.56 Å². The van der Waals surface area contributed by atoms with Gasteiger partial charge in [0.15, 0.2) is 5.11 Å². The highest BCUT2D eigenvalue weighted by atomic mass is 32.1. The summed E-state index contributed by atoms with van der Waals surface area (Å²) in [4.78, 5) is 11.2. The Hall–Kier alpha value is -1.62. The van der Waals surface area contributed by atoms with Crippen LogP contribution in [0.5, 0.6) is 0 Å². The van der Waals surface area contributed by atoms with E-state index >= 15 is 0 Å². The Kier molecular flexibility index (Phi) is 4.72. The van der Waals surface area contributed by atoms with Gasteiger partial charge in [-0.15, -0.1) is 0 Å². The van der Waals surface area contributed by atoms with Crippen LogP contribution in [0.15, 0.2) is 24.3 Å². The molecular formula is C11H14N2O2S. The molecule has 0 bridgehead atoms. The first-order chi connectivity index (χ1) is 7.67. The van der Waals surface area contributed by atoms with Gasteiger partial charge in [0.05, 0.1) is 12.7 Å². The van der Waals surface area contributed by atoms with Crippen LogP contribution < -0.4 is 10.6 Å². The highest BCUT2D eigenvalue weighted by molar-refractivity contribution is 7.80. The molecule has 5 heteroatoms. The van der Waals surface area contributed by atoms with Crippen molar-refractivity contribution in [3.63, 3.8) is 0 Å². The highest BCUT2D eigenvalue weighted by Gasteiger charge is 2.03. The molecule has 0 spiro atoms. The van der Waals surface area contributed by atoms with Crippen LogP contribution in [-0.4, -0.2) is 25.2 Å². The van der Waals surface area contributed by atoms with Crippen LogP contribution in [0.4, 0.5) is 0 Å². The molecule has 1 aromatic rings. The number of rotatable bonds is 3. The molecule has 0 amide bonds. The van der Waals surface area contributed by atoms with Crippen LogP contribution in [0.3, 0.4) is 0 Å². The molecule has 2 N–H and O–H groups in total. The van der Waals surface area contributed by atoms with E-state index in [4.69, 9.17) is 12.2 Å². The van der Waals surface area contributed by atoms with E-state index in [0.29, 0.717) is 17.2 Å². The van der Waals surface area contributed by atoms with E-state index in [1.807, 2.05) is 12.1 Å². The average Bonchev–Trinajstić information content (AvgIpc) is 2.35. The molecule has 1 rings (SSSR count). The fourth-order valence-corrected chi connectivity index (χ4v) is 1.22. The number of methoxy groups -OCH3 is 1. The summed E-state index contributed by atoms with van der Waals surface area (Å²) in [6.45, 7) is 0.626. The molecule has 0 aliphatic carbocycles. The van der Waals surface area contributed by atoms with Crippen molar-refractivity contribution in [1.29, 1.82) is 0 Å². The molecule has 0 heterocycles. The summed E-state index contributed by atoms with van der Waals surface area (Å²) in [5, 5.41) is 6.43. The summed E-state index contributed by atoms with van der Waals surface area (Å²) in [7, 11) is 3.12. The first kappa shape index (κ1) is 12.4. The van der Waals surface area contributed by atoms with Crippen molar-refractivity contribution in [2.45, 2.75) is 6.54 Å². The van der Waals surface area contributed by atoms with Crippen molar-refractivity contribution < 1.29 is 9.53 Å². The van der Waals surface area contributed by atoms with Crippen molar-refractivity contribution in [1.82, 2.24) is 10.6 Å². The number of hydrogen-bond acceptors (Lipinski definition) is 3. The second-order valence-corrected chi connectivity index (χ2v) is 3.53. The van der Waals surface area contributed by atoms with Gasteiger partial charge in [-0.1, -0.05) is 12.1 Å². The maximum atomic E-state index is 11.2. The van der Waals surface area contributed by atoms with Gasteiger partial charge in [-0.2, -0.15) is 0 Å². The number of carbonyl (C=O) groups excluding carboxylic acids is 1. The predicted octanol–water partition coefficient (Wildman–Crippen LogP) is 1.07. The number of ether oxygens (including phenoxy) is 1. The molecule has 86 valence electrons. The third kappa shape index (κ3) is 3.51. The van der Waals surface area contributed by atoms with Gasteiger partial charge in [-0.25, -0.2) is 4.79 Å². The number of nitrogens with one attached hydrogen (secondary N) is 2. The first-order valence-electron chi connectivity index (χ1n) is 4.80. The zero-order valence-electron chi connectivity index (χ0n) is 9.24. The zero-order chi connectivity index (χ0) is 12.0. The van der Waals surface area contributed by atoms with E-state index in [2.05, 4.69) is 15.4 Å². The Morgan fingerprint density at radius 2 is 2.00 bits per heavy atom. The number of hydrogen-bond donors (Lipinski definition) is 2. The summed E-state index contributed by atoms with van der Waals surface area (Å²) < 4.78 is 4.61. The van der Waals surface area contributed by atoms with E-state index in [1.54, 1.807) is 19.2 Å². The second kappa shape index (κ2) is 6.07. The smallest absolute Gasteiger partial charge is 0.337 e. The van der Waals surface area contributed by atoms with Crippen LogP contribution in [0, 0.1) is 0 Å². The van der Waals surface area contributed by atoms with Gasteiger partial charge in [0.2, 0.25) is 0 Å². The van der Waals surface area contributed by atoms with Gasteiger partial charge < -0.3 is 15.4 Å². The number of carbonyl (C=O) groups is 1. The number of esters is 1. The van der Waals surface area contributed by atoms with Gasteiger partial charge in [0.1, 0.15) is 0 Å². The maximum absolute atomic E-state index is 11.2. The molecule has 1 aromatic carbocycles. The largest absolute Gasteiger partial charge is 0.465 e. The highest BCUT2D eigenvalue weighted by Crippen LogP contribution is 2.05. The second-order valence-electron chi connectivity index (χ2n) is 3.12. The lowest BCUT2D eigenvalue weighted by Crippen LogP contribution is -2.31.